The molecule has 0 aliphatic heterocycles. The van der Waals surface area contributed by atoms with Crippen molar-refractivity contribution in [2.75, 3.05) is 19.8 Å². The van der Waals surface area contributed by atoms with Crippen molar-refractivity contribution in [3.8, 4) is 0 Å². The maximum atomic E-state index is 12.2. The molecule has 0 aliphatic rings. The first-order chi connectivity index (χ1) is 22.7. The van der Waals surface area contributed by atoms with E-state index in [1.54, 1.807) is 0 Å². The molecule has 1 unspecified atom stereocenters. The van der Waals surface area contributed by atoms with Crippen LogP contribution in [0.3, 0.4) is 0 Å². The van der Waals surface area contributed by atoms with E-state index in [1.807, 2.05) is 0 Å². The molecule has 0 radical (unpaired) electrons. The molecule has 0 bridgehead atoms. The second kappa shape index (κ2) is 40.3. The zero-order valence-corrected chi connectivity index (χ0v) is 31.4. The van der Waals surface area contributed by atoms with Gasteiger partial charge >= 0.3 is 5.97 Å². The van der Waals surface area contributed by atoms with Gasteiger partial charge in [0.25, 0.3) is 0 Å². The number of hydrogen-bond donors (Lipinski definition) is 1. The molecule has 0 aromatic heterocycles. The van der Waals surface area contributed by atoms with E-state index in [0.29, 0.717) is 19.6 Å². The first-order valence-corrected chi connectivity index (χ1v) is 20.8. The summed E-state index contributed by atoms with van der Waals surface area (Å²) in [7, 11) is 0. The van der Waals surface area contributed by atoms with E-state index in [-0.39, 0.29) is 12.6 Å². The minimum Gasteiger partial charge on any atom is -0.457 e. The first kappa shape index (κ1) is 45.1. The van der Waals surface area contributed by atoms with Crippen molar-refractivity contribution < 1.29 is 19.4 Å². The molecule has 0 amide bonds. The summed E-state index contributed by atoms with van der Waals surface area (Å²) >= 11 is 0. The number of esters is 1. The van der Waals surface area contributed by atoms with Gasteiger partial charge < -0.3 is 14.6 Å². The quantitative estimate of drug-likeness (QED) is 0.0408. The Labute approximate surface area is 288 Å². The number of ether oxygens (including phenoxy) is 2. The molecular formula is C42H82O4. The van der Waals surface area contributed by atoms with Crippen LogP contribution in [0.5, 0.6) is 0 Å². The van der Waals surface area contributed by atoms with Crippen LogP contribution in [0.4, 0.5) is 0 Å². The number of unbranched alkanes of at least 4 members (excludes halogenated alkanes) is 29. The predicted molar refractivity (Wildman–Crippen MR) is 201 cm³/mol. The van der Waals surface area contributed by atoms with Crippen molar-refractivity contribution in [2.24, 2.45) is 0 Å². The Kier molecular flexibility index (Phi) is 39.5. The summed E-state index contributed by atoms with van der Waals surface area (Å²) in [6, 6.07) is 0. The van der Waals surface area contributed by atoms with Crippen molar-refractivity contribution in [2.45, 2.75) is 232 Å². The SMILES string of the molecule is CCCCCCCCCC/C=C\CCCCCCCCCCCCCCCC(=O)OC(CO)COCCCCCCCCCCC. The Morgan fingerprint density at radius 3 is 1.24 bits per heavy atom. The minimum atomic E-state index is -0.526. The highest BCUT2D eigenvalue weighted by atomic mass is 16.6. The minimum absolute atomic E-state index is 0.166. The van der Waals surface area contributed by atoms with Gasteiger partial charge in [-0.25, -0.2) is 0 Å². The Balaban J connectivity index is 3.34. The van der Waals surface area contributed by atoms with Crippen LogP contribution in [0, 0.1) is 0 Å². The highest BCUT2D eigenvalue weighted by Crippen LogP contribution is 2.15. The molecular weight excluding hydrogens is 568 g/mol. The molecule has 4 heteroatoms. The van der Waals surface area contributed by atoms with Gasteiger partial charge in [0.2, 0.25) is 0 Å². The van der Waals surface area contributed by atoms with Crippen LogP contribution in [-0.4, -0.2) is 37.0 Å². The van der Waals surface area contributed by atoms with Gasteiger partial charge in [0.15, 0.2) is 0 Å². The summed E-state index contributed by atoms with van der Waals surface area (Å²) in [5.41, 5.74) is 0. The van der Waals surface area contributed by atoms with Gasteiger partial charge in [-0.2, -0.15) is 0 Å². The lowest BCUT2D eigenvalue weighted by Gasteiger charge is -2.16. The Morgan fingerprint density at radius 1 is 0.500 bits per heavy atom. The van der Waals surface area contributed by atoms with E-state index < -0.39 is 6.10 Å². The Morgan fingerprint density at radius 2 is 0.848 bits per heavy atom. The van der Waals surface area contributed by atoms with E-state index in [9.17, 15) is 9.90 Å². The van der Waals surface area contributed by atoms with Crippen molar-refractivity contribution in [1.82, 2.24) is 0 Å². The lowest BCUT2D eigenvalue weighted by Crippen LogP contribution is -2.27. The maximum Gasteiger partial charge on any atom is 0.306 e. The van der Waals surface area contributed by atoms with Crippen LogP contribution in [-0.2, 0) is 14.3 Å². The number of carbonyl (C=O) groups is 1. The van der Waals surface area contributed by atoms with Crippen LogP contribution < -0.4 is 0 Å². The smallest absolute Gasteiger partial charge is 0.306 e. The maximum absolute atomic E-state index is 12.2. The number of hydrogen-bond acceptors (Lipinski definition) is 4. The normalized spacial score (nSPS) is 12.3. The third-order valence-corrected chi connectivity index (χ3v) is 9.34. The molecule has 46 heavy (non-hydrogen) atoms. The van der Waals surface area contributed by atoms with Crippen LogP contribution in [0.15, 0.2) is 12.2 Å². The van der Waals surface area contributed by atoms with Crippen molar-refractivity contribution in [1.29, 1.82) is 0 Å². The average Bonchev–Trinajstić information content (AvgIpc) is 3.06. The van der Waals surface area contributed by atoms with E-state index in [2.05, 4.69) is 26.0 Å². The number of carbonyl (C=O) groups excluding carboxylic acids is 1. The standard InChI is InChI=1S/C42H82O4/c1-3-5-7-9-11-13-14-15-16-17-18-19-20-21-22-23-24-25-26-27-28-29-31-33-35-37-42(44)46-41(39-43)40-45-38-36-34-32-30-12-10-8-6-4-2/h17-18,41,43H,3-16,19-40H2,1-2H3/b18-17-. The first-order valence-electron chi connectivity index (χ1n) is 20.8. The molecule has 0 heterocycles. The van der Waals surface area contributed by atoms with Gasteiger partial charge in [-0.1, -0.05) is 193 Å². The number of allylic oxidation sites excluding steroid dienone is 2. The van der Waals surface area contributed by atoms with Gasteiger partial charge in [-0.05, 0) is 38.5 Å². The second-order valence-corrected chi connectivity index (χ2v) is 14.1. The van der Waals surface area contributed by atoms with Gasteiger partial charge in [0.1, 0.15) is 6.10 Å². The van der Waals surface area contributed by atoms with Crippen LogP contribution in [0.25, 0.3) is 0 Å². The van der Waals surface area contributed by atoms with Crippen molar-refractivity contribution in [3.63, 3.8) is 0 Å². The summed E-state index contributed by atoms with van der Waals surface area (Å²) in [6.07, 6.45) is 47.0. The topological polar surface area (TPSA) is 55.8 Å². The molecule has 274 valence electrons. The molecule has 0 aromatic carbocycles. The molecule has 0 rings (SSSR count). The van der Waals surface area contributed by atoms with E-state index >= 15 is 0 Å². The molecule has 1 N–H and O–H groups in total. The molecule has 0 aliphatic carbocycles. The summed E-state index contributed by atoms with van der Waals surface area (Å²) in [4.78, 5) is 12.2. The van der Waals surface area contributed by atoms with Gasteiger partial charge in [-0.15, -0.1) is 0 Å². The molecule has 0 saturated heterocycles. The van der Waals surface area contributed by atoms with Gasteiger partial charge in [-0.3, -0.25) is 4.79 Å². The van der Waals surface area contributed by atoms with Crippen LogP contribution >= 0.6 is 0 Å². The lowest BCUT2D eigenvalue weighted by molar-refractivity contribution is -0.154. The molecule has 0 aromatic rings. The second-order valence-electron chi connectivity index (χ2n) is 14.1. The summed E-state index contributed by atoms with van der Waals surface area (Å²) in [6.45, 7) is 5.36. The summed E-state index contributed by atoms with van der Waals surface area (Å²) < 4.78 is 11.1. The average molecular weight is 651 g/mol. The van der Waals surface area contributed by atoms with Crippen molar-refractivity contribution in [3.05, 3.63) is 12.2 Å². The van der Waals surface area contributed by atoms with Gasteiger partial charge in [0, 0.05) is 13.0 Å². The fraction of sp³-hybridized carbons (Fsp3) is 0.929. The van der Waals surface area contributed by atoms with Crippen molar-refractivity contribution >= 4 is 5.97 Å². The van der Waals surface area contributed by atoms with E-state index in [1.165, 1.54) is 186 Å². The zero-order valence-electron chi connectivity index (χ0n) is 31.4. The number of aliphatic hydroxyl groups is 1. The Bertz CT molecular complexity index is 604. The lowest BCUT2D eigenvalue weighted by atomic mass is 10.0. The number of rotatable bonds is 39. The Hall–Kier alpha value is -0.870. The van der Waals surface area contributed by atoms with Crippen LogP contribution in [0.2, 0.25) is 0 Å². The van der Waals surface area contributed by atoms with E-state index in [4.69, 9.17) is 9.47 Å². The molecule has 1 atom stereocenters. The zero-order chi connectivity index (χ0) is 33.4. The van der Waals surface area contributed by atoms with E-state index in [0.717, 1.165) is 19.3 Å². The summed E-state index contributed by atoms with van der Waals surface area (Å²) in [5.74, 6) is -0.198. The van der Waals surface area contributed by atoms with Gasteiger partial charge in [0.05, 0.1) is 13.2 Å². The summed E-state index contributed by atoms with van der Waals surface area (Å²) in [5, 5.41) is 9.54. The number of aliphatic hydroxyl groups excluding tert-OH is 1. The largest absolute Gasteiger partial charge is 0.457 e. The fourth-order valence-electron chi connectivity index (χ4n) is 6.21. The van der Waals surface area contributed by atoms with Crippen LogP contribution in [0.1, 0.15) is 226 Å². The third-order valence-electron chi connectivity index (χ3n) is 9.34. The highest BCUT2D eigenvalue weighted by Gasteiger charge is 2.13. The predicted octanol–water partition coefficient (Wildman–Crippen LogP) is 13.4. The fourth-order valence-corrected chi connectivity index (χ4v) is 6.21. The third kappa shape index (κ3) is 37.6. The molecule has 0 fully saturated rings. The molecule has 4 nitrogen and oxygen atoms in total. The molecule has 0 saturated carbocycles. The highest BCUT2D eigenvalue weighted by molar-refractivity contribution is 5.69. The monoisotopic (exact) mass is 651 g/mol. The molecule has 0 spiro atoms.